The lowest BCUT2D eigenvalue weighted by Gasteiger charge is -2.19. The van der Waals surface area contributed by atoms with Gasteiger partial charge in [0.2, 0.25) is 5.91 Å². The summed E-state index contributed by atoms with van der Waals surface area (Å²) < 4.78 is 0. The maximum absolute atomic E-state index is 12.6. The molecule has 5 nitrogen and oxygen atoms in total. The topological polar surface area (TPSA) is 84.2 Å². The summed E-state index contributed by atoms with van der Waals surface area (Å²) in [5, 5.41) is 5.77. The Hall–Kier alpha value is -3.60. The van der Waals surface area contributed by atoms with E-state index in [2.05, 4.69) is 31.4 Å². The molecule has 4 N–H and O–H groups in total. The Morgan fingerprint density at radius 1 is 0.839 bits per heavy atom. The minimum atomic E-state index is -0.189. The molecule has 0 saturated carbocycles. The maximum atomic E-state index is 12.6. The Morgan fingerprint density at radius 3 is 2.13 bits per heavy atom. The van der Waals surface area contributed by atoms with Crippen molar-refractivity contribution in [2.45, 2.75) is 39.0 Å². The molecule has 0 fully saturated rings. The predicted octanol–water partition coefficient (Wildman–Crippen LogP) is 5.39. The monoisotopic (exact) mass is 415 g/mol. The van der Waals surface area contributed by atoms with Gasteiger partial charge in [0.1, 0.15) is 0 Å². The summed E-state index contributed by atoms with van der Waals surface area (Å²) in [5.41, 5.74) is 10.5. The van der Waals surface area contributed by atoms with E-state index in [0.29, 0.717) is 35.5 Å². The van der Waals surface area contributed by atoms with E-state index in [1.165, 1.54) is 5.56 Å². The van der Waals surface area contributed by atoms with Gasteiger partial charge in [-0.05, 0) is 65.4 Å². The second kappa shape index (κ2) is 9.47. The van der Waals surface area contributed by atoms with Gasteiger partial charge >= 0.3 is 0 Å². The number of carbonyl (C=O) groups is 2. The highest BCUT2D eigenvalue weighted by molar-refractivity contribution is 6.04. The quantitative estimate of drug-likeness (QED) is 0.472. The van der Waals surface area contributed by atoms with E-state index in [-0.39, 0.29) is 17.2 Å². The molecule has 0 spiro atoms. The second-order valence-corrected chi connectivity index (χ2v) is 8.66. The van der Waals surface area contributed by atoms with E-state index in [1.807, 2.05) is 48.5 Å². The summed E-state index contributed by atoms with van der Waals surface area (Å²) in [6.07, 6.45) is 0.956. The highest BCUT2D eigenvalue weighted by Gasteiger charge is 2.14. The lowest BCUT2D eigenvalue weighted by Crippen LogP contribution is -2.15. The average Bonchev–Trinajstić information content (AvgIpc) is 2.72. The number of carbonyl (C=O) groups excluding carboxylic acids is 2. The number of nitrogens with one attached hydrogen (secondary N) is 2. The van der Waals surface area contributed by atoms with Crippen molar-refractivity contribution in [1.82, 2.24) is 0 Å². The number of amides is 2. The lowest BCUT2D eigenvalue weighted by molar-refractivity contribution is -0.116. The van der Waals surface area contributed by atoms with Crippen molar-refractivity contribution < 1.29 is 9.59 Å². The molecule has 2 amide bonds. The highest BCUT2D eigenvalue weighted by Crippen LogP contribution is 2.23. The van der Waals surface area contributed by atoms with Gasteiger partial charge in [-0.15, -0.1) is 0 Å². The molecule has 0 aliphatic carbocycles. The summed E-state index contributed by atoms with van der Waals surface area (Å²) in [6.45, 7) is 6.41. The molecule has 0 aliphatic rings. The Bertz CT molecular complexity index is 1070. The van der Waals surface area contributed by atoms with Crippen LogP contribution in [0.5, 0.6) is 0 Å². The van der Waals surface area contributed by atoms with Crippen molar-refractivity contribution in [2.24, 2.45) is 0 Å². The molecule has 0 atom stereocenters. The highest BCUT2D eigenvalue weighted by atomic mass is 16.2. The van der Waals surface area contributed by atoms with Crippen LogP contribution in [-0.2, 0) is 16.6 Å². The Kier molecular flexibility index (Phi) is 6.75. The summed E-state index contributed by atoms with van der Waals surface area (Å²) in [4.78, 5) is 24.9. The molecule has 0 aromatic heterocycles. The van der Waals surface area contributed by atoms with Crippen LogP contribution in [0.25, 0.3) is 0 Å². The van der Waals surface area contributed by atoms with E-state index in [4.69, 9.17) is 5.73 Å². The van der Waals surface area contributed by atoms with Crippen LogP contribution < -0.4 is 16.4 Å². The first-order chi connectivity index (χ1) is 14.7. The molecular weight excluding hydrogens is 386 g/mol. The van der Waals surface area contributed by atoms with E-state index < -0.39 is 0 Å². The molecule has 3 aromatic rings. The van der Waals surface area contributed by atoms with Crippen LogP contribution in [0.2, 0.25) is 0 Å². The van der Waals surface area contributed by atoms with Gasteiger partial charge < -0.3 is 16.4 Å². The Balaban J connectivity index is 1.58. The zero-order valence-electron chi connectivity index (χ0n) is 18.2. The number of rotatable bonds is 6. The fourth-order valence-electron chi connectivity index (χ4n) is 3.23. The van der Waals surface area contributed by atoms with E-state index in [1.54, 1.807) is 24.3 Å². The van der Waals surface area contributed by atoms with E-state index in [0.717, 1.165) is 5.56 Å². The van der Waals surface area contributed by atoms with Gasteiger partial charge in [0.25, 0.3) is 5.91 Å². The fourth-order valence-corrected chi connectivity index (χ4v) is 3.23. The van der Waals surface area contributed by atoms with Gasteiger partial charge in [0.05, 0.1) is 0 Å². The number of hydrogen-bond donors (Lipinski definition) is 3. The third kappa shape index (κ3) is 6.44. The average molecular weight is 416 g/mol. The molecule has 160 valence electrons. The van der Waals surface area contributed by atoms with Gasteiger partial charge in [0.15, 0.2) is 0 Å². The summed E-state index contributed by atoms with van der Waals surface area (Å²) >= 11 is 0. The molecule has 0 heterocycles. The number of nitrogen functional groups attached to an aromatic ring is 1. The molecular formula is C26H29N3O2. The minimum Gasteiger partial charge on any atom is -0.399 e. The second-order valence-electron chi connectivity index (χ2n) is 8.66. The number of benzene rings is 3. The molecule has 3 aromatic carbocycles. The standard InChI is InChI=1S/C26H29N3O2/c1-26(2,3)20-13-11-19(12-14-20)25(31)29-23-9-5-8-22(17-23)28-24(30)15-10-18-6-4-7-21(27)16-18/h4-9,11-14,16-17H,10,15,27H2,1-3H3,(H,28,30)(H,29,31). The van der Waals surface area contributed by atoms with Crippen LogP contribution in [-0.4, -0.2) is 11.8 Å². The molecule has 3 rings (SSSR count). The number of hydrogen-bond acceptors (Lipinski definition) is 3. The molecule has 0 aliphatic heterocycles. The first-order valence-electron chi connectivity index (χ1n) is 10.4. The maximum Gasteiger partial charge on any atom is 0.255 e. The predicted molar refractivity (Wildman–Crippen MR) is 127 cm³/mol. The van der Waals surface area contributed by atoms with E-state index >= 15 is 0 Å². The Labute approximate surface area is 183 Å². The summed E-state index contributed by atoms with van der Waals surface area (Å²) in [7, 11) is 0. The number of anilines is 3. The van der Waals surface area contributed by atoms with Crippen LogP contribution >= 0.6 is 0 Å². The van der Waals surface area contributed by atoms with Crippen molar-refractivity contribution in [1.29, 1.82) is 0 Å². The first-order valence-corrected chi connectivity index (χ1v) is 10.4. The fraction of sp³-hybridized carbons (Fsp3) is 0.231. The van der Waals surface area contributed by atoms with Crippen molar-refractivity contribution in [2.75, 3.05) is 16.4 Å². The third-order valence-electron chi connectivity index (χ3n) is 5.01. The molecule has 31 heavy (non-hydrogen) atoms. The van der Waals surface area contributed by atoms with Crippen molar-refractivity contribution >= 4 is 28.9 Å². The summed E-state index contributed by atoms with van der Waals surface area (Å²) in [6, 6.07) is 22.3. The van der Waals surface area contributed by atoms with Gasteiger partial charge in [-0.2, -0.15) is 0 Å². The van der Waals surface area contributed by atoms with Crippen LogP contribution in [0.4, 0.5) is 17.1 Å². The van der Waals surface area contributed by atoms with Crippen LogP contribution in [0.1, 0.15) is 48.7 Å². The van der Waals surface area contributed by atoms with Crippen molar-refractivity contribution in [3.05, 3.63) is 89.5 Å². The largest absolute Gasteiger partial charge is 0.399 e. The normalized spacial score (nSPS) is 11.1. The SMILES string of the molecule is CC(C)(C)c1ccc(C(=O)Nc2cccc(NC(=O)CCc3cccc(N)c3)c2)cc1. The van der Waals surface area contributed by atoms with Crippen molar-refractivity contribution in [3.8, 4) is 0 Å². The lowest BCUT2D eigenvalue weighted by atomic mass is 9.87. The van der Waals surface area contributed by atoms with Gasteiger partial charge in [-0.3, -0.25) is 9.59 Å². The zero-order valence-corrected chi connectivity index (χ0v) is 18.2. The van der Waals surface area contributed by atoms with E-state index in [9.17, 15) is 9.59 Å². The molecule has 0 saturated heterocycles. The molecule has 0 radical (unpaired) electrons. The van der Waals surface area contributed by atoms with Gasteiger partial charge in [-0.1, -0.05) is 51.1 Å². The molecule has 0 unspecified atom stereocenters. The van der Waals surface area contributed by atoms with Crippen molar-refractivity contribution in [3.63, 3.8) is 0 Å². The summed E-state index contributed by atoms with van der Waals surface area (Å²) in [5.74, 6) is -0.283. The smallest absolute Gasteiger partial charge is 0.255 e. The molecule has 5 heteroatoms. The minimum absolute atomic E-state index is 0.0364. The van der Waals surface area contributed by atoms with Crippen LogP contribution in [0, 0.1) is 0 Å². The zero-order chi connectivity index (χ0) is 22.4. The first kappa shape index (κ1) is 22.1. The van der Waals surface area contributed by atoms with Gasteiger partial charge in [0, 0.05) is 29.0 Å². The van der Waals surface area contributed by atoms with Crippen LogP contribution in [0.15, 0.2) is 72.8 Å². The third-order valence-corrected chi connectivity index (χ3v) is 5.01. The van der Waals surface area contributed by atoms with Gasteiger partial charge in [-0.25, -0.2) is 0 Å². The Morgan fingerprint density at radius 2 is 1.48 bits per heavy atom. The molecule has 0 bridgehead atoms. The van der Waals surface area contributed by atoms with Crippen LogP contribution in [0.3, 0.4) is 0 Å². The number of aryl methyl sites for hydroxylation is 1. The number of nitrogens with two attached hydrogens (primary N) is 1.